The molecular weight excluding hydrogens is 162 g/mol. The van der Waals surface area contributed by atoms with Crippen LogP contribution in [0.2, 0.25) is 0 Å². The van der Waals surface area contributed by atoms with Gasteiger partial charge in [-0.25, -0.2) is 4.98 Å². The minimum Gasteiger partial charge on any atom is -0.334 e. The molecule has 0 unspecified atom stereocenters. The van der Waals surface area contributed by atoms with Crippen LogP contribution >= 0.6 is 0 Å². The lowest BCUT2D eigenvalue weighted by atomic mass is 10.2. The number of imidazole rings is 1. The molecule has 0 aromatic carbocycles. The van der Waals surface area contributed by atoms with Gasteiger partial charge in [-0.1, -0.05) is 13.8 Å². The van der Waals surface area contributed by atoms with Gasteiger partial charge in [0.15, 0.2) is 0 Å². The van der Waals surface area contributed by atoms with Crippen LogP contribution in [0.4, 0.5) is 0 Å². The quantitative estimate of drug-likeness (QED) is 0.697. The number of aryl methyl sites for hydroxylation is 1. The second kappa shape index (κ2) is 5.02. The summed E-state index contributed by atoms with van der Waals surface area (Å²) in [5.74, 6) is 1.82. The van der Waals surface area contributed by atoms with E-state index in [1.807, 2.05) is 19.3 Å². The number of nitrogens with one attached hydrogen (secondary N) is 1. The summed E-state index contributed by atoms with van der Waals surface area (Å²) in [6.07, 6.45) is 3.87. The molecule has 3 nitrogen and oxygen atoms in total. The van der Waals surface area contributed by atoms with Gasteiger partial charge < -0.3 is 9.88 Å². The minimum atomic E-state index is 0.726. The molecule has 0 amide bonds. The van der Waals surface area contributed by atoms with Crippen molar-refractivity contribution >= 4 is 0 Å². The van der Waals surface area contributed by atoms with Crippen LogP contribution in [-0.4, -0.2) is 22.6 Å². The zero-order valence-electron chi connectivity index (χ0n) is 8.75. The fourth-order valence-corrected chi connectivity index (χ4v) is 1.23. The third-order valence-electron chi connectivity index (χ3n) is 2.01. The van der Waals surface area contributed by atoms with Crippen LogP contribution < -0.4 is 5.32 Å². The third kappa shape index (κ3) is 3.59. The number of rotatable bonds is 5. The van der Waals surface area contributed by atoms with Crippen molar-refractivity contribution in [2.24, 2.45) is 5.92 Å². The Balaban J connectivity index is 2.17. The molecule has 0 fully saturated rings. The molecule has 0 saturated carbocycles. The van der Waals surface area contributed by atoms with Crippen molar-refractivity contribution in [3.8, 4) is 0 Å². The van der Waals surface area contributed by atoms with Gasteiger partial charge in [0.2, 0.25) is 0 Å². The third-order valence-corrected chi connectivity index (χ3v) is 2.01. The first-order valence-electron chi connectivity index (χ1n) is 4.88. The second-order valence-electron chi connectivity index (χ2n) is 3.77. The first kappa shape index (κ1) is 10.3. The standard InChI is InChI=1S/C10H19N3/c1-9(2)8-11-4-6-13-7-5-12-10(13)3/h5,7,9,11H,4,6,8H2,1-3H3. The largest absolute Gasteiger partial charge is 0.334 e. The Bertz CT molecular complexity index is 240. The molecule has 0 radical (unpaired) electrons. The Morgan fingerprint density at radius 1 is 1.54 bits per heavy atom. The molecule has 0 aliphatic rings. The fourth-order valence-electron chi connectivity index (χ4n) is 1.23. The Labute approximate surface area is 80.2 Å². The summed E-state index contributed by atoms with van der Waals surface area (Å²) in [6, 6.07) is 0. The van der Waals surface area contributed by atoms with Gasteiger partial charge in [0.25, 0.3) is 0 Å². The van der Waals surface area contributed by atoms with E-state index in [-0.39, 0.29) is 0 Å². The first-order chi connectivity index (χ1) is 6.20. The van der Waals surface area contributed by atoms with Gasteiger partial charge in [-0.05, 0) is 19.4 Å². The molecule has 0 saturated heterocycles. The van der Waals surface area contributed by atoms with Crippen molar-refractivity contribution in [2.45, 2.75) is 27.3 Å². The minimum absolute atomic E-state index is 0.726. The molecule has 0 aliphatic heterocycles. The van der Waals surface area contributed by atoms with E-state index >= 15 is 0 Å². The van der Waals surface area contributed by atoms with Crippen molar-refractivity contribution < 1.29 is 0 Å². The van der Waals surface area contributed by atoms with Gasteiger partial charge in [-0.3, -0.25) is 0 Å². The molecule has 1 rings (SSSR count). The van der Waals surface area contributed by atoms with Gasteiger partial charge in [0.05, 0.1) is 0 Å². The summed E-state index contributed by atoms with van der Waals surface area (Å²) in [7, 11) is 0. The number of aromatic nitrogens is 2. The summed E-state index contributed by atoms with van der Waals surface area (Å²) in [4.78, 5) is 4.17. The van der Waals surface area contributed by atoms with E-state index in [9.17, 15) is 0 Å². The van der Waals surface area contributed by atoms with Crippen molar-refractivity contribution in [3.63, 3.8) is 0 Å². The number of nitrogens with zero attached hydrogens (tertiary/aromatic N) is 2. The molecular formula is C10H19N3. The topological polar surface area (TPSA) is 29.9 Å². The van der Waals surface area contributed by atoms with Crippen LogP contribution in [0.25, 0.3) is 0 Å². The van der Waals surface area contributed by atoms with Crippen molar-refractivity contribution in [3.05, 3.63) is 18.2 Å². The first-order valence-corrected chi connectivity index (χ1v) is 4.88. The lowest BCUT2D eigenvalue weighted by Gasteiger charge is -2.08. The normalized spacial score (nSPS) is 11.1. The molecule has 13 heavy (non-hydrogen) atoms. The zero-order chi connectivity index (χ0) is 9.68. The molecule has 1 aromatic rings. The van der Waals surface area contributed by atoms with Gasteiger partial charge in [-0.2, -0.15) is 0 Å². The summed E-state index contributed by atoms with van der Waals surface area (Å²) in [5.41, 5.74) is 0. The highest BCUT2D eigenvalue weighted by Crippen LogP contribution is 1.93. The lowest BCUT2D eigenvalue weighted by Crippen LogP contribution is -2.24. The molecule has 74 valence electrons. The maximum Gasteiger partial charge on any atom is 0.105 e. The number of hydrogen-bond donors (Lipinski definition) is 1. The maximum atomic E-state index is 4.17. The van der Waals surface area contributed by atoms with E-state index in [4.69, 9.17) is 0 Å². The van der Waals surface area contributed by atoms with Crippen LogP contribution in [0.15, 0.2) is 12.4 Å². The molecule has 1 heterocycles. The van der Waals surface area contributed by atoms with E-state index in [0.29, 0.717) is 0 Å². The smallest absolute Gasteiger partial charge is 0.105 e. The summed E-state index contributed by atoms with van der Waals surface area (Å²) in [6.45, 7) is 9.59. The van der Waals surface area contributed by atoms with E-state index < -0.39 is 0 Å². The molecule has 1 N–H and O–H groups in total. The second-order valence-corrected chi connectivity index (χ2v) is 3.77. The van der Waals surface area contributed by atoms with Crippen molar-refractivity contribution in [2.75, 3.05) is 13.1 Å². The lowest BCUT2D eigenvalue weighted by molar-refractivity contribution is 0.521. The summed E-state index contributed by atoms with van der Waals surface area (Å²) in [5, 5.41) is 3.40. The average molecular weight is 181 g/mol. The molecule has 1 aromatic heterocycles. The summed E-state index contributed by atoms with van der Waals surface area (Å²) < 4.78 is 2.16. The van der Waals surface area contributed by atoms with E-state index in [1.54, 1.807) is 0 Å². The van der Waals surface area contributed by atoms with Crippen LogP contribution in [0.5, 0.6) is 0 Å². The van der Waals surface area contributed by atoms with Gasteiger partial charge >= 0.3 is 0 Å². The van der Waals surface area contributed by atoms with Gasteiger partial charge in [0, 0.05) is 25.5 Å². The van der Waals surface area contributed by atoms with E-state index in [0.717, 1.165) is 31.4 Å². The average Bonchev–Trinajstić information content (AvgIpc) is 2.45. The van der Waals surface area contributed by atoms with Gasteiger partial charge in [-0.15, -0.1) is 0 Å². The predicted octanol–water partition coefficient (Wildman–Crippen LogP) is 1.44. The Hall–Kier alpha value is -0.830. The molecule has 0 bridgehead atoms. The molecule has 0 spiro atoms. The summed E-state index contributed by atoms with van der Waals surface area (Å²) >= 11 is 0. The Morgan fingerprint density at radius 3 is 2.85 bits per heavy atom. The molecule has 3 heteroatoms. The van der Waals surface area contributed by atoms with Gasteiger partial charge in [0.1, 0.15) is 5.82 Å². The van der Waals surface area contributed by atoms with Crippen LogP contribution in [0, 0.1) is 12.8 Å². The molecule has 0 atom stereocenters. The maximum absolute atomic E-state index is 4.17. The SMILES string of the molecule is Cc1nccn1CCNCC(C)C. The van der Waals surface area contributed by atoms with E-state index in [2.05, 4.69) is 28.7 Å². The van der Waals surface area contributed by atoms with Crippen LogP contribution in [0.3, 0.4) is 0 Å². The van der Waals surface area contributed by atoms with Crippen molar-refractivity contribution in [1.82, 2.24) is 14.9 Å². The van der Waals surface area contributed by atoms with Crippen LogP contribution in [0.1, 0.15) is 19.7 Å². The molecule has 0 aliphatic carbocycles. The monoisotopic (exact) mass is 181 g/mol. The van der Waals surface area contributed by atoms with E-state index in [1.165, 1.54) is 0 Å². The Kier molecular flexibility index (Phi) is 3.96. The number of hydrogen-bond acceptors (Lipinski definition) is 2. The zero-order valence-corrected chi connectivity index (χ0v) is 8.75. The highest BCUT2D eigenvalue weighted by molar-refractivity contribution is 4.88. The van der Waals surface area contributed by atoms with Crippen molar-refractivity contribution in [1.29, 1.82) is 0 Å². The Morgan fingerprint density at radius 2 is 2.31 bits per heavy atom. The fraction of sp³-hybridized carbons (Fsp3) is 0.700. The van der Waals surface area contributed by atoms with Crippen LogP contribution in [-0.2, 0) is 6.54 Å². The highest BCUT2D eigenvalue weighted by atomic mass is 15.1. The predicted molar refractivity (Wildman–Crippen MR) is 54.7 cm³/mol. The highest BCUT2D eigenvalue weighted by Gasteiger charge is 1.96.